The van der Waals surface area contributed by atoms with Crippen LogP contribution in [-0.2, 0) is 9.53 Å². The highest BCUT2D eigenvalue weighted by Crippen LogP contribution is 2.19. The van der Waals surface area contributed by atoms with E-state index in [-0.39, 0.29) is 11.9 Å². The third-order valence-corrected chi connectivity index (χ3v) is 3.97. The molecule has 5 heteroatoms. The third-order valence-electron chi connectivity index (χ3n) is 3.97. The Hall–Kier alpha value is -2.82. The van der Waals surface area contributed by atoms with E-state index in [1.165, 1.54) is 0 Å². The molecule has 132 valence electrons. The summed E-state index contributed by atoms with van der Waals surface area (Å²) in [6.07, 6.45) is 0.296. The first-order valence-corrected chi connectivity index (χ1v) is 8.39. The predicted molar refractivity (Wildman–Crippen MR) is 100 cm³/mol. The molecule has 2 N–H and O–H groups in total. The van der Waals surface area contributed by atoms with E-state index in [4.69, 9.17) is 4.74 Å². The second kappa shape index (κ2) is 8.87. The lowest BCUT2D eigenvalue weighted by Crippen LogP contribution is -2.18. The van der Waals surface area contributed by atoms with E-state index in [0.717, 1.165) is 16.8 Å². The van der Waals surface area contributed by atoms with E-state index >= 15 is 0 Å². The Morgan fingerprint density at radius 2 is 1.72 bits per heavy atom. The van der Waals surface area contributed by atoms with Gasteiger partial charge in [-0.25, -0.2) is 4.79 Å². The Kier molecular flexibility index (Phi) is 6.57. The molecule has 0 aliphatic heterocycles. The van der Waals surface area contributed by atoms with Crippen molar-refractivity contribution >= 4 is 23.3 Å². The third kappa shape index (κ3) is 5.08. The Morgan fingerprint density at radius 1 is 1.00 bits per heavy atom. The molecule has 25 heavy (non-hydrogen) atoms. The van der Waals surface area contributed by atoms with Crippen molar-refractivity contribution in [3.05, 3.63) is 59.2 Å². The number of aryl methyl sites for hydroxylation is 1. The van der Waals surface area contributed by atoms with E-state index in [2.05, 4.69) is 10.6 Å². The summed E-state index contributed by atoms with van der Waals surface area (Å²) in [5.41, 5.74) is 4.17. The molecule has 0 atom stereocenters. The molecule has 0 aliphatic carbocycles. The molecular formula is C20H24N2O3. The number of carbonyl (C=O) groups is 2. The van der Waals surface area contributed by atoms with Gasteiger partial charge in [0, 0.05) is 24.3 Å². The first kappa shape index (κ1) is 18.5. The van der Waals surface area contributed by atoms with Gasteiger partial charge in [0.25, 0.3) is 0 Å². The largest absolute Gasteiger partial charge is 0.462 e. The van der Waals surface area contributed by atoms with Crippen molar-refractivity contribution in [2.45, 2.75) is 27.2 Å². The van der Waals surface area contributed by atoms with Crippen LogP contribution in [0.15, 0.2) is 42.5 Å². The number of hydrogen-bond donors (Lipinski definition) is 2. The summed E-state index contributed by atoms with van der Waals surface area (Å²) in [6, 6.07) is 13.0. The van der Waals surface area contributed by atoms with Crippen LogP contribution < -0.4 is 10.6 Å². The van der Waals surface area contributed by atoms with Crippen LogP contribution in [0, 0.1) is 13.8 Å². The molecule has 2 aromatic carbocycles. The number of benzene rings is 2. The van der Waals surface area contributed by atoms with Gasteiger partial charge in [-0.15, -0.1) is 0 Å². The average molecular weight is 340 g/mol. The minimum atomic E-state index is -0.370. The van der Waals surface area contributed by atoms with Crippen LogP contribution in [0.5, 0.6) is 0 Å². The van der Waals surface area contributed by atoms with Crippen LogP contribution >= 0.6 is 0 Å². The van der Waals surface area contributed by atoms with Crippen molar-refractivity contribution < 1.29 is 14.3 Å². The fourth-order valence-corrected chi connectivity index (χ4v) is 2.43. The van der Waals surface area contributed by atoms with Crippen molar-refractivity contribution in [2.75, 3.05) is 23.8 Å². The molecule has 0 aromatic heterocycles. The van der Waals surface area contributed by atoms with Crippen molar-refractivity contribution in [1.82, 2.24) is 0 Å². The molecule has 5 nitrogen and oxygen atoms in total. The van der Waals surface area contributed by atoms with E-state index in [1.54, 1.807) is 25.1 Å². The monoisotopic (exact) mass is 340 g/mol. The Balaban J connectivity index is 1.91. The van der Waals surface area contributed by atoms with Gasteiger partial charge in [0.2, 0.25) is 5.91 Å². The Labute approximate surface area is 148 Å². The standard InChI is InChI=1S/C20H24N2O3/c1-4-25-20(24)16-9-5-6-10-18(16)21-13-12-19(23)22-17-11-7-8-14(2)15(17)3/h5-11,21H,4,12-13H2,1-3H3,(H,22,23). The fraction of sp³-hybridized carbons (Fsp3) is 0.300. The normalized spacial score (nSPS) is 10.2. The van der Waals surface area contributed by atoms with Gasteiger partial charge in [-0.2, -0.15) is 0 Å². The summed E-state index contributed by atoms with van der Waals surface area (Å²) < 4.78 is 5.04. The Morgan fingerprint density at radius 3 is 2.48 bits per heavy atom. The van der Waals surface area contributed by atoms with Crippen LogP contribution in [0.3, 0.4) is 0 Å². The van der Waals surface area contributed by atoms with Crippen molar-refractivity contribution in [1.29, 1.82) is 0 Å². The van der Waals surface area contributed by atoms with Gasteiger partial charge in [-0.1, -0.05) is 24.3 Å². The molecule has 0 saturated carbocycles. The lowest BCUT2D eigenvalue weighted by atomic mass is 10.1. The molecule has 1 amide bonds. The van der Waals surface area contributed by atoms with Crippen molar-refractivity contribution in [3.63, 3.8) is 0 Å². The predicted octanol–water partition coefficient (Wildman–Crippen LogP) is 3.92. The lowest BCUT2D eigenvalue weighted by molar-refractivity contribution is -0.115. The number of hydrogen-bond acceptors (Lipinski definition) is 4. The van der Waals surface area contributed by atoms with E-state index in [9.17, 15) is 9.59 Å². The number of esters is 1. The number of nitrogens with one attached hydrogen (secondary N) is 2. The fourth-order valence-electron chi connectivity index (χ4n) is 2.43. The maximum atomic E-state index is 12.1. The maximum Gasteiger partial charge on any atom is 0.340 e. The Bertz CT molecular complexity index is 756. The van der Waals surface area contributed by atoms with Gasteiger partial charge in [0.1, 0.15) is 0 Å². The average Bonchev–Trinajstić information content (AvgIpc) is 2.59. The van der Waals surface area contributed by atoms with E-state index in [1.807, 2.05) is 38.1 Å². The maximum absolute atomic E-state index is 12.1. The van der Waals surface area contributed by atoms with Gasteiger partial charge < -0.3 is 15.4 Å². The summed E-state index contributed by atoms with van der Waals surface area (Å²) in [7, 11) is 0. The van der Waals surface area contributed by atoms with Gasteiger partial charge in [0.15, 0.2) is 0 Å². The molecule has 0 spiro atoms. The zero-order valence-electron chi connectivity index (χ0n) is 14.9. The molecule has 0 unspecified atom stereocenters. The molecule has 0 heterocycles. The van der Waals surface area contributed by atoms with Gasteiger partial charge in [0.05, 0.1) is 12.2 Å². The number of rotatable bonds is 7. The minimum Gasteiger partial charge on any atom is -0.462 e. The molecular weight excluding hydrogens is 316 g/mol. The van der Waals surface area contributed by atoms with E-state index in [0.29, 0.717) is 30.8 Å². The molecule has 2 aromatic rings. The van der Waals surface area contributed by atoms with Crippen molar-refractivity contribution in [2.24, 2.45) is 0 Å². The molecule has 0 radical (unpaired) electrons. The number of carbonyl (C=O) groups excluding carboxylic acids is 2. The van der Waals surface area contributed by atoms with Crippen LogP contribution in [0.1, 0.15) is 34.8 Å². The zero-order chi connectivity index (χ0) is 18.2. The number of para-hydroxylation sites is 1. The second-order valence-corrected chi connectivity index (χ2v) is 5.74. The van der Waals surface area contributed by atoms with Crippen molar-refractivity contribution in [3.8, 4) is 0 Å². The molecule has 0 aliphatic rings. The molecule has 2 rings (SSSR count). The van der Waals surface area contributed by atoms with Crippen LogP contribution in [0.2, 0.25) is 0 Å². The smallest absolute Gasteiger partial charge is 0.340 e. The first-order chi connectivity index (χ1) is 12.0. The number of anilines is 2. The topological polar surface area (TPSA) is 67.4 Å². The molecule has 0 fully saturated rings. The summed E-state index contributed by atoms with van der Waals surface area (Å²) >= 11 is 0. The number of ether oxygens (including phenoxy) is 1. The summed E-state index contributed by atoms with van der Waals surface area (Å²) in [5, 5.41) is 6.06. The lowest BCUT2D eigenvalue weighted by Gasteiger charge is -2.12. The summed E-state index contributed by atoms with van der Waals surface area (Å²) in [5.74, 6) is -0.444. The highest BCUT2D eigenvalue weighted by Gasteiger charge is 2.12. The van der Waals surface area contributed by atoms with Gasteiger partial charge in [-0.3, -0.25) is 4.79 Å². The van der Waals surface area contributed by atoms with Gasteiger partial charge >= 0.3 is 5.97 Å². The molecule has 0 saturated heterocycles. The SMILES string of the molecule is CCOC(=O)c1ccccc1NCCC(=O)Nc1cccc(C)c1C. The summed E-state index contributed by atoms with van der Waals surface area (Å²) in [6.45, 7) is 6.52. The van der Waals surface area contributed by atoms with Crippen LogP contribution in [-0.4, -0.2) is 25.0 Å². The number of amides is 1. The van der Waals surface area contributed by atoms with Crippen LogP contribution in [0.4, 0.5) is 11.4 Å². The minimum absolute atomic E-state index is 0.0742. The van der Waals surface area contributed by atoms with Gasteiger partial charge in [-0.05, 0) is 50.1 Å². The highest BCUT2D eigenvalue weighted by atomic mass is 16.5. The molecule has 0 bridgehead atoms. The first-order valence-electron chi connectivity index (χ1n) is 8.39. The quantitative estimate of drug-likeness (QED) is 0.750. The highest BCUT2D eigenvalue weighted by molar-refractivity contribution is 5.96. The second-order valence-electron chi connectivity index (χ2n) is 5.74. The summed E-state index contributed by atoms with van der Waals surface area (Å²) in [4.78, 5) is 24.1. The zero-order valence-corrected chi connectivity index (χ0v) is 14.9. The van der Waals surface area contributed by atoms with Crippen LogP contribution in [0.25, 0.3) is 0 Å². The van der Waals surface area contributed by atoms with E-state index < -0.39 is 0 Å².